The molecule has 0 aliphatic rings. The van der Waals surface area contributed by atoms with Crippen molar-refractivity contribution in [3.05, 3.63) is 65.4 Å². The van der Waals surface area contributed by atoms with Crippen LogP contribution in [-0.4, -0.2) is 29.0 Å². The molecule has 146 valence electrons. The summed E-state index contributed by atoms with van der Waals surface area (Å²) >= 11 is 1.44. The predicted octanol–water partition coefficient (Wildman–Crippen LogP) is 3.96. The number of ether oxygens (including phenoxy) is 1. The van der Waals surface area contributed by atoms with Crippen LogP contribution in [0.25, 0.3) is 10.6 Å². The van der Waals surface area contributed by atoms with Gasteiger partial charge in [0.15, 0.2) is 0 Å². The second-order valence-corrected chi connectivity index (χ2v) is 6.64. The van der Waals surface area contributed by atoms with Crippen LogP contribution >= 0.6 is 11.3 Å². The minimum atomic E-state index is -4.38. The van der Waals surface area contributed by atoms with E-state index < -0.39 is 11.7 Å². The van der Waals surface area contributed by atoms with Crippen LogP contribution < -0.4 is 10.1 Å². The summed E-state index contributed by atoms with van der Waals surface area (Å²) in [5, 5.41) is 5.31. The lowest BCUT2D eigenvalue weighted by molar-refractivity contribution is -0.137. The SMILES string of the molecule is O=C(Cc1csc(-c2cccnc2)n1)NCCOc1ccc(C(F)(F)F)cc1. The molecule has 0 fully saturated rings. The quantitative estimate of drug-likeness (QED) is 0.602. The summed E-state index contributed by atoms with van der Waals surface area (Å²) in [5.41, 5.74) is 0.816. The van der Waals surface area contributed by atoms with Crippen molar-refractivity contribution in [2.75, 3.05) is 13.2 Å². The molecule has 28 heavy (non-hydrogen) atoms. The maximum atomic E-state index is 12.5. The molecular weight excluding hydrogens is 391 g/mol. The summed E-state index contributed by atoms with van der Waals surface area (Å²) in [6.45, 7) is 0.383. The molecule has 0 saturated heterocycles. The molecule has 0 spiro atoms. The molecule has 0 atom stereocenters. The van der Waals surface area contributed by atoms with Crippen LogP contribution in [0, 0.1) is 0 Å². The summed E-state index contributed by atoms with van der Waals surface area (Å²) in [6, 6.07) is 8.12. The first-order valence-electron chi connectivity index (χ1n) is 8.33. The smallest absolute Gasteiger partial charge is 0.416 e. The molecule has 5 nitrogen and oxygen atoms in total. The van der Waals surface area contributed by atoms with E-state index in [1.54, 1.807) is 12.4 Å². The lowest BCUT2D eigenvalue weighted by Gasteiger charge is -2.09. The van der Waals surface area contributed by atoms with Crippen molar-refractivity contribution in [1.29, 1.82) is 0 Å². The molecule has 0 saturated carbocycles. The van der Waals surface area contributed by atoms with E-state index in [2.05, 4.69) is 15.3 Å². The number of amides is 1. The number of thiazole rings is 1. The van der Waals surface area contributed by atoms with Gasteiger partial charge in [-0.2, -0.15) is 13.2 Å². The Balaban J connectivity index is 1.41. The molecule has 0 unspecified atom stereocenters. The zero-order chi connectivity index (χ0) is 20.0. The number of hydrogen-bond acceptors (Lipinski definition) is 5. The molecular formula is C19H16F3N3O2S. The number of pyridine rings is 1. The number of nitrogens with zero attached hydrogens (tertiary/aromatic N) is 2. The van der Waals surface area contributed by atoms with Gasteiger partial charge in [0.1, 0.15) is 17.4 Å². The zero-order valence-electron chi connectivity index (χ0n) is 14.6. The summed E-state index contributed by atoms with van der Waals surface area (Å²) in [5.74, 6) is 0.0990. The Labute approximate surface area is 163 Å². The van der Waals surface area contributed by atoms with Crippen LogP contribution in [0.3, 0.4) is 0 Å². The molecule has 2 heterocycles. The van der Waals surface area contributed by atoms with Crippen LogP contribution in [0.2, 0.25) is 0 Å². The Morgan fingerprint density at radius 3 is 2.64 bits per heavy atom. The highest BCUT2D eigenvalue weighted by Gasteiger charge is 2.29. The number of halogens is 3. The summed E-state index contributed by atoms with van der Waals surface area (Å²) in [4.78, 5) is 20.4. The Bertz CT molecular complexity index is 912. The Morgan fingerprint density at radius 1 is 1.18 bits per heavy atom. The molecule has 0 radical (unpaired) electrons. The maximum Gasteiger partial charge on any atom is 0.416 e. The van der Waals surface area contributed by atoms with E-state index >= 15 is 0 Å². The molecule has 3 aromatic rings. The van der Waals surface area contributed by atoms with Gasteiger partial charge < -0.3 is 10.1 Å². The largest absolute Gasteiger partial charge is 0.492 e. The van der Waals surface area contributed by atoms with E-state index in [-0.39, 0.29) is 25.5 Å². The van der Waals surface area contributed by atoms with Crippen molar-refractivity contribution in [2.24, 2.45) is 0 Å². The molecule has 2 aromatic heterocycles. The van der Waals surface area contributed by atoms with E-state index in [1.807, 2.05) is 17.5 Å². The average molecular weight is 407 g/mol. The third-order valence-electron chi connectivity index (χ3n) is 3.68. The van der Waals surface area contributed by atoms with Crippen molar-refractivity contribution in [3.63, 3.8) is 0 Å². The van der Waals surface area contributed by atoms with Gasteiger partial charge in [-0.05, 0) is 36.4 Å². The van der Waals surface area contributed by atoms with Gasteiger partial charge in [-0.25, -0.2) is 4.98 Å². The standard InChI is InChI=1S/C19H16F3N3O2S/c20-19(21,22)14-3-5-16(6-4-14)27-9-8-24-17(26)10-15-12-28-18(25-15)13-2-1-7-23-11-13/h1-7,11-12H,8-10H2,(H,24,26). The molecule has 1 N–H and O–H groups in total. The molecule has 0 aliphatic carbocycles. The first-order chi connectivity index (χ1) is 13.4. The van der Waals surface area contributed by atoms with Crippen LogP contribution in [0.5, 0.6) is 5.75 Å². The number of benzene rings is 1. The van der Waals surface area contributed by atoms with Crippen LogP contribution in [-0.2, 0) is 17.4 Å². The lowest BCUT2D eigenvalue weighted by Crippen LogP contribution is -2.29. The van der Waals surface area contributed by atoms with Crippen molar-refractivity contribution in [1.82, 2.24) is 15.3 Å². The summed E-state index contributed by atoms with van der Waals surface area (Å²) in [7, 11) is 0. The second-order valence-electron chi connectivity index (χ2n) is 5.78. The van der Waals surface area contributed by atoms with E-state index in [0.29, 0.717) is 11.4 Å². The third kappa shape index (κ3) is 5.53. The predicted molar refractivity (Wildman–Crippen MR) is 99.0 cm³/mol. The van der Waals surface area contributed by atoms with Crippen LogP contribution in [0.15, 0.2) is 54.2 Å². The van der Waals surface area contributed by atoms with Gasteiger partial charge in [0.2, 0.25) is 5.91 Å². The topological polar surface area (TPSA) is 64.1 Å². The molecule has 9 heteroatoms. The van der Waals surface area contributed by atoms with Crippen molar-refractivity contribution in [3.8, 4) is 16.3 Å². The first kappa shape index (κ1) is 19.8. The number of hydrogen-bond donors (Lipinski definition) is 1. The van der Waals surface area contributed by atoms with Gasteiger partial charge in [-0.1, -0.05) is 0 Å². The number of alkyl halides is 3. The maximum absolute atomic E-state index is 12.5. The van der Waals surface area contributed by atoms with Crippen molar-refractivity contribution >= 4 is 17.2 Å². The highest BCUT2D eigenvalue weighted by atomic mass is 32.1. The second kappa shape index (κ2) is 8.83. The molecule has 0 aliphatic heterocycles. The van der Waals surface area contributed by atoms with E-state index in [1.165, 1.54) is 23.5 Å². The monoisotopic (exact) mass is 407 g/mol. The van der Waals surface area contributed by atoms with Gasteiger partial charge in [0.05, 0.1) is 24.2 Å². The third-order valence-corrected chi connectivity index (χ3v) is 4.62. The molecule has 1 aromatic carbocycles. The number of nitrogens with one attached hydrogen (secondary N) is 1. The Hall–Kier alpha value is -2.94. The fourth-order valence-corrected chi connectivity index (χ4v) is 3.15. The van der Waals surface area contributed by atoms with Gasteiger partial charge in [0, 0.05) is 23.3 Å². The van der Waals surface area contributed by atoms with Crippen LogP contribution in [0.1, 0.15) is 11.3 Å². The van der Waals surface area contributed by atoms with Crippen molar-refractivity contribution in [2.45, 2.75) is 12.6 Å². The highest BCUT2D eigenvalue weighted by Crippen LogP contribution is 2.30. The fourth-order valence-electron chi connectivity index (χ4n) is 2.34. The number of carbonyl (C=O) groups is 1. The average Bonchev–Trinajstić information content (AvgIpc) is 3.14. The lowest BCUT2D eigenvalue weighted by atomic mass is 10.2. The van der Waals surface area contributed by atoms with Crippen molar-refractivity contribution < 1.29 is 22.7 Å². The van der Waals surface area contributed by atoms with E-state index in [9.17, 15) is 18.0 Å². The highest BCUT2D eigenvalue weighted by molar-refractivity contribution is 7.13. The number of carbonyl (C=O) groups excluding carboxylic acids is 1. The zero-order valence-corrected chi connectivity index (χ0v) is 15.4. The normalized spacial score (nSPS) is 11.2. The summed E-state index contributed by atoms with van der Waals surface area (Å²) in [6.07, 6.45) is -0.852. The van der Waals surface area contributed by atoms with Gasteiger partial charge in [0.25, 0.3) is 0 Å². The molecule has 1 amide bonds. The van der Waals surface area contributed by atoms with Gasteiger partial charge in [-0.3, -0.25) is 9.78 Å². The van der Waals surface area contributed by atoms with Gasteiger partial charge in [-0.15, -0.1) is 11.3 Å². The molecule has 3 rings (SSSR count). The number of rotatable bonds is 7. The van der Waals surface area contributed by atoms with Crippen LogP contribution in [0.4, 0.5) is 13.2 Å². The Kier molecular flexibility index (Phi) is 6.25. The molecule has 0 bridgehead atoms. The minimum Gasteiger partial charge on any atom is -0.492 e. The van der Waals surface area contributed by atoms with E-state index in [4.69, 9.17) is 4.74 Å². The number of aromatic nitrogens is 2. The summed E-state index contributed by atoms with van der Waals surface area (Å²) < 4.78 is 42.8. The van der Waals surface area contributed by atoms with E-state index in [0.717, 1.165) is 22.7 Å². The minimum absolute atomic E-state index is 0.136. The van der Waals surface area contributed by atoms with Gasteiger partial charge >= 0.3 is 6.18 Å². The first-order valence-corrected chi connectivity index (χ1v) is 9.21. The fraction of sp³-hybridized carbons (Fsp3) is 0.211. The Morgan fingerprint density at radius 2 is 1.96 bits per heavy atom.